The fourth-order valence-corrected chi connectivity index (χ4v) is 6.86. The van der Waals surface area contributed by atoms with Crippen molar-refractivity contribution in [3.8, 4) is 22.3 Å². The van der Waals surface area contributed by atoms with E-state index in [4.69, 9.17) is 20.1 Å². The van der Waals surface area contributed by atoms with E-state index >= 15 is 0 Å². The van der Waals surface area contributed by atoms with Crippen LogP contribution < -0.4 is 5.73 Å². The number of rotatable bonds is 6. The molecule has 0 saturated heterocycles. The number of amidine groups is 2. The molecule has 4 heteroatoms. The Kier molecular flexibility index (Phi) is 7.70. The van der Waals surface area contributed by atoms with Crippen LogP contribution in [0.1, 0.15) is 30.0 Å². The van der Waals surface area contributed by atoms with E-state index in [-0.39, 0.29) is 0 Å². The van der Waals surface area contributed by atoms with Gasteiger partial charge >= 0.3 is 0 Å². The Hall–Kier alpha value is -5.74. The zero-order valence-electron chi connectivity index (χ0n) is 27.0. The van der Waals surface area contributed by atoms with Crippen LogP contribution in [0.25, 0.3) is 50.3 Å². The summed E-state index contributed by atoms with van der Waals surface area (Å²) in [5, 5.41) is 2.25. The van der Waals surface area contributed by atoms with Crippen LogP contribution in [0, 0.1) is 11.3 Å². The SMILES string of the molecule is CC1(C(N)=NC(=NCC2C=CC=CC2)c2ccccc2)C=Cc2ccc(-c3cccc4oc5cc(-c6ccccc6)ccc5c34)cc2C1. The quantitative estimate of drug-likeness (QED) is 0.148. The zero-order chi connectivity index (χ0) is 32.5. The first-order valence-electron chi connectivity index (χ1n) is 16.7. The molecular weight excluding hydrogens is 587 g/mol. The van der Waals surface area contributed by atoms with Crippen LogP contribution in [-0.2, 0) is 6.42 Å². The van der Waals surface area contributed by atoms with Crippen molar-refractivity contribution >= 4 is 39.7 Å². The van der Waals surface area contributed by atoms with E-state index in [0.717, 1.165) is 57.0 Å². The van der Waals surface area contributed by atoms with Crippen LogP contribution in [0.2, 0.25) is 0 Å². The van der Waals surface area contributed by atoms with Gasteiger partial charge in [-0.25, -0.2) is 4.99 Å². The molecule has 2 aliphatic carbocycles. The fraction of sp³-hybridized carbons (Fsp3) is 0.136. The predicted octanol–water partition coefficient (Wildman–Crippen LogP) is 10.4. The van der Waals surface area contributed by atoms with Gasteiger partial charge in [0.15, 0.2) is 5.84 Å². The standard InChI is InChI=1S/C44H37N3O/c1-44(43(45)47-42(33-16-9-4-10-17-33)46-29-30-12-5-2-6-13-30)25-24-32-20-21-35(26-36(32)28-44)37-18-11-19-39-41(37)38-23-22-34(27-40(38)48-39)31-14-7-3-8-15-31/h2-12,14-27,30H,13,28-29H2,1H3,(H2,45,46,47). The topological polar surface area (TPSA) is 63.9 Å². The minimum absolute atomic E-state index is 0.364. The van der Waals surface area contributed by atoms with Crippen LogP contribution >= 0.6 is 0 Å². The van der Waals surface area contributed by atoms with E-state index in [1.807, 2.05) is 24.3 Å². The van der Waals surface area contributed by atoms with E-state index in [2.05, 4.69) is 134 Å². The molecule has 234 valence electrons. The van der Waals surface area contributed by atoms with Crippen LogP contribution in [0.3, 0.4) is 0 Å². The first-order chi connectivity index (χ1) is 23.5. The van der Waals surface area contributed by atoms with Crippen molar-refractivity contribution in [3.63, 3.8) is 0 Å². The number of benzene rings is 5. The highest BCUT2D eigenvalue weighted by Gasteiger charge is 2.31. The van der Waals surface area contributed by atoms with Gasteiger partial charge < -0.3 is 10.2 Å². The lowest BCUT2D eigenvalue weighted by Crippen LogP contribution is -2.37. The molecule has 0 spiro atoms. The lowest BCUT2D eigenvalue weighted by Gasteiger charge is -2.30. The molecule has 2 atom stereocenters. The minimum Gasteiger partial charge on any atom is -0.456 e. The summed E-state index contributed by atoms with van der Waals surface area (Å²) in [7, 11) is 0. The van der Waals surface area contributed by atoms with Crippen molar-refractivity contribution in [2.45, 2.75) is 19.8 Å². The highest BCUT2D eigenvalue weighted by molar-refractivity contribution is 6.13. The summed E-state index contributed by atoms with van der Waals surface area (Å²) < 4.78 is 6.42. The second kappa shape index (κ2) is 12.5. The molecule has 0 saturated carbocycles. The average molecular weight is 624 g/mol. The summed E-state index contributed by atoms with van der Waals surface area (Å²) in [4.78, 5) is 10.00. The number of hydrogen-bond acceptors (Lipinski definition) is 2. The lowest BCUT2D eigenvalue weighted by molar-refractivity contribution is 0.583. The molecule has 48 heavy (non-hydrogen) atoms. The molecule has 1 heterocycles. The van der Waals surface area contributed by atoms with Crippen molar-refractivity contribution < 1.29 is 4.42 Å². The molecule has 4 nitrogen and oxygen atoms in total. The zero-order valence-corrected chi connectivity index (χ0v) is 27.0. The third-order valence-corrected chi connectivity index (χ3v) is 9.63. The number of aliphatic imine (C=N–C) groups is 2. The van der Waals surface area contributed by atoms with Gasteiger partial charge in [0, 0.05) is 34.2 Å². The summed E-state index contributed by atoms with van der Waals surface area (Å²) in [6, 6.07) is 40.2. The Morgan fingerprint density at radius 3 is 2.44 bits per heavy atom. The van der Waals surface area contributed by atoms with Crippen molar-refractivity contribution in [2.75, 3.05) is 6.54 Å². The highest BCUT2D eigenvalue weighted by Crippen LogP contribution is 2.40. The molecule has 2 aliphatic rings. The van der Waals surface area contributed by atoms with Gasteiger partial charge in [-0.2, -0.15) is 0 Å². The van der Waals surface area contributed by atoms with Gasteiger partial charge in [0.2, 0.25) is 0 Å². The van der Waals surface area contributed by atoms with Crippen molar-refractivity contribution in [1.29, 1.82) is 0 Å². The van der Waals surface area contributed by atoms with Gasteiger partial charge in [0.05, 0.1) is 0 Å². The Morgan fingerprint density at radius 1 is 0.812 bits per heavy atom. The molecule has 0 amide bonds. The fourth-order valence-electron chi connectivity index (χ4n) is 6.86. The highest BCUT2D eigenvalue weighted by atomic mass is 16.3. The van der Waals surface area contributed by atoms with Crippen LogP contribution in [-0.4, -0.2) is 18.2 Å². The Morgan fingerprint density at radius 2 is 1.62 bits per heavy atom. The molecule has 5 aromatic carbocycles. The molecular formula is C44H37N3O. The second-order valence-corrected chi connectivity index (χ2v) is 13.0. The van der Waals surface area contributed by atoms with Crippen LogP contribution in [0.4, 0.5) is 0 Å². The first-order valence-corrected chi connectivity index (χ1v) is 16.7. The van der Waals surface area contributed by atoms with E-state index in [1.54, 1.807) is 0 Å². The molecule has 6 aromatic rings. The van der Waals surface area contributed by atoms with Gasteiger partial charge in [0.1, 0.15) is 17.0 Å². The summed E-state index contributed by atoms with van der Waals surface area (Å²) in [5.41, 5.74) is 16.3. The smallest absolute Gasteiger partial charge is 0.156 e. The number of hydrogen-bond donors (Lipinski definition) is 1. The summed E-state index contributed by atoms with van der Waals surface area (Å²) >= 11 is 0. The van der Waals surface area contributed by atoms with E-state index < -0.39 is 5.41 Å². The molecule has 2 N–H and O–H groups in total. The summed E-state index contributed by atoms with van der Waals surface area (Å²) in [6.45, 7) is 2.84. The molecule has 0 radical (unpaired) electrons. The van der Waals surface area contributed by atoms with Crippen LogP contribution in [0.15, 0.2) is 160 Å². The first kappa shape index (κ1) is 29.6. The van der Waals surface area contributed by atoms with Crippen molar-refractivity contribution in [3.05, 3.63) is 162 Å². The minimum atomic E-state index is -0.461. The number of fused-ring (bicyclic) bond motifs is 4. The van der Waals surface area contributed by atoms with Gasteiger partial charge in [-0.1, -0.05) is 134 Å². The Balaban J connectivity index is 1.13. The third-order valence-electron chi connectivity index (χ3n) is 9.63. The molecule has 1 aromatic heterocycles. The maximum Gasteiger partial charge on any atom is 0.156 e. The molecule has 8 rings (SSSR count). The second-order valence-electron chi connectivity index (χ2n) is 13.0. The summed E-state index contributed by atoms with van der Waals surface area (Å²) in [6.07, 6.45) is 14.7. The molecule has 0 bridgehead atoms. The van der Waals surface area contributed by atoms with E-state index in [9.17, 15) is 0 Å². The van der Waals surface area contributed by atoms with Gasteiger partial charge in [0.25, 0.3) is 0 Å². The number of nitrogens with zero attached hydrogens (tertiary/aromatic N) is 2. The van der Waals surface area contributed by atoms with Crippen molar-refractivity contribution in [1.82, 2.24) is 0 Å². The van der Waals surface area contributed by atoms with Crippen LogP contribution in [0.5, 0.6) is 0 Å². The van der Waals surface area contributed by atoms with Crippen molar-refractivity contribution in [2.24, 2.45) is 27.1 Å². The normalized spacial score (nSPS) is 19.2. The molecule has 0 fully saturated rings. The monoisotopic (exact) mass is 623 g/mol. The molecule has 0 aliphatic heterocycles. The summed E-state index contributed by atoms with van der Waals surface area (Å²) in [5.74, 6) is 1.61. The Labute approximate surface area is 281 Å². The third kappa shape index (κ3) is 5.71. The average Bonchev–Trinajstić information content (AvgIpc) is 3.52. The van der Waals surface area contributed by atoms with E-state index in [0.29, 0.717) is 24.1 Å². The number of nitrogens with two attached hydrogens (primary N) is 1. The van der Waals surface area contributed by atoms with Gasteiger partial charge in [-0.15, -0.1) is 0 Å². The molecule has 2 unspecified atom stereocenters. The largest absolute Gasteiger partial charge is 0.456 e. The maximum absolute atomic E-state index is 6.89. The maximum atomic E-state index is 6.89. The number of allylic oxidation sites excluding steroid dienone is 3. The van der Waals surface area contributed by atoms with E-state index in [1.165, 1.54) is 16.7 Å². The number of furan rings is 1. The lowest BCUT2D eigenvalue weighted by atomic mass is 9.76. The predicted molar refractivity (Wildman–Crippen MR) is 201 cm³/mol. The van der Waals surface area contributed by atoms with Gasteiger partial charge in [-0.3, -0.25) is 4.99 Å². The Bertz CT molecular complexity index is 2290. The van der Waals surface area contributed by atoms with Gasteiger partial charge in [-0.05, 0) is 71.3 Å².